The Kier molecular flexibility index (Phi) is 5.52. The van der Waals surface area contributed by atoms with Gasteiger partial charge in [-0.3, -0.25) is 0 Å². The Bertz CT molecular complexity index is 915. The lowest BCUT2D eigenvalue weighted by Crippen LogP contribution is -2.40. The molecule has 3 aromatic rings. The minimum Gasteiger partial charge on any atom is -0.382 e. The second-order valence-corrected chi connectivity index (χ2v) is 7.28. The van der Waals surface area contributed by atoms with E-state index in [-0.39, 0.29) is 5.82 Å². The highest BCUT2D eigenvalue weighted by atomic mass is 19.3. The largest absolute Gasteiger partial charge is 0.382 e. The highest BCUT2D eigenvalue weighted by Crippen LogP contribution is 2.24. The molecule has 1 fully saturated rings. The smallest absolute Gasteiger partial charge is 0.333 e. The zero-order chi connectivity index (χ0) is 19.5. The second kappa shape index (κ2) is 8.22. The van der Waals surface area contributed by atoms with E-state index < -0.39 is 6.55 Å². The maximum atomic E-state index is 13.0. The molecule has 1 aromatic heterocycles. The number of alkyl halides is 2. The van der Waals surface area contributed by atoms with Crippen molar-refractivity contribution in [3.8, 4) is 0 Å². The van der Waals surface area contributed by atoms with Gasteiger partial charge in [-0.15, -0.1) is 0 Å². The van der Waals surface area contributed by atoms with Gasteiger partial charge in [-0.2, -0.15) is 13.9 Å². The zero-order valence-corrected chi connectivity index (χ0v) is 15.5. The Morgan fingerprint density at radius 3 is 2.54 bits per heavy atom. The predicted octanol–water partition coefficient (Wildman–Crippen LogP) is 4.69. The van der Waals surface area contributed by atoms with Gasteiger partial charge in [0.15, 0.2) is 0 Å². The molecule has 148 valence electrons. The SMILES string of the molecule is Fc1ccc(CCN2CCC(Nc3ccc4c(cnn4C(F)F)c3)CC2)cc1. The first kappa shape index (κ1) is 18.8. The van der Waals surface area contributed by atoms with Gasteiger partial charge >= 0.3 is 6.55 Å². The average molecular weight is 388 g/mol. The number of benzene rings is 2. The number of piperidine rings is 1. The summed E-state index contributed by atoms with van der Waals surface area (Å²) in [6.45, 7) is 0.349. The number of likely N-dealkylation sites (tertiary alicyclic amines) is 1. The number of hydrogen-bond donors (Lipinski definition) is 1. The van der Waals surface area contributed by atoms with Gasteiger partial charge in [-0.05, 0) is 55.2 Å². The highest BCUT2D eigenvalue weighted by Gasteiger charge is 2.19. The number of anilines is 1. The average Bonchev–Trinajstić information content (AvgIpc) is 3.12. The van der Waals surface area contributed by atoms with E-state index in [1.165, 1.54) is 18.3 Å². The maximum absolute atomic E-state index is 13.0. The van der Waals surface area contributed by atoms with Crippen molar-refractivity contribution in [2.45, 2.75) is 31.9 Å². The van der Waals surface area contributed by atoms with Crippen LogP contribution in [0.3, 0.4) is 0 Å². The Balaban J connectivity index is 1.28. The van der Waals surface area contributed by atoms with Crippen LogP contribution in [0.25, 0.3) is 10.9 Å². The molecule has 0 aliphatic carbocycles. The molecule has 28 heavy (non-hydrogen) atoms. The van der Waals surface area contributed by atoms with Gasteiger partial charge < -0.3 is 10.2 Å². The molecule has 4 nitrogen and oxygen atoms in total. The van der Waals surface area contributed by atoms with Crippen molar-refractivity contribution in [2.75, 3.05) is 25.0 Å². The van der Waals surface area contributed by atoms with Crippen molar-refractivity contribution in [3.63, 3.8) is 0 Å². The fraction of sp³-hybridized carbons (Fsp3) is 0.381. The predicted molar refractivity (Wildman–Crippen MR) is 104 cm³/mol. The summed E-state index contributed by atoms with van der Waals surface area (Å²) in [4.78, 5) is 2.43. The van der Waals surface area contributed by atoms with Crippen LogP contribution in [-0.2, 0) is 6.42 Å². The molecule has 1 N–H and O–H groups in total. The molecule has 0 spiro atoms. The number of nitrogens with zero attached hydrogens (tertiary/aromatic N) is 3. The van der Waals surface area contributed by atoms with Crippen LogP contribution in [0.2, 0.25) is 0 Å². The molecule has 2 aromatic carbocycles. The van der Waals surface area contributed by atoms with E-state index in [9.17, 15) is 13.2 Å². The summed E-state index contributed by atoms with van der Waals surface area (Å²) in [6, 6.07) is 12.5. The van der Waals surface area contributed by atoms with Crippen LogP contribution in [0.4, 0.5) is 18.9 Å². The minimum absolute atomic E-state index is 0.199. The Hall–Kier alpha value is -2.54. The minimum atomic E-state index is -2.63. The van der Waals surface area contributed by atoms with Gasteiger partial charge in [-0.25, -0.2) is 9.07 Å². The summed E-state index contributed by atoms with van der Waals surface area (Å²) in [5, 5.41) is 7.98. The van der Waals surface area contributed by atoms with Crippen molar-refractivity contribution in [3.05, 3.63) is 60.0 Å². The number of nitrogens with one attached hydrogen (secondary N) is 1. The van der Waals surface area contributed by atoms with E-state index in [1.54, 1.807) is 6.07 Å². The van der Waals surface area contributed by atoms with Gasteiger partial charge in [0.2, 0.25) is 0 Å². The second-order valence-electron chi connectivity index (χ2n) is 7.28. The molecule has 1 saturated heterocycles. The third-order valence-corrected chi connectivity index (χ3v) is 5.37. The third-order valence-electron chi connectivity index (χ3n) is 5.37. The third kappa shape index (κ3) is 4.30. The topological polar surface area (TPSA) is 33.1 Å². The van der Waals surface area contributed by atoms with Gasteiger partial charge in [0.05, 0.1) is 11.7 Å². The van der Waals surface area contributed by atoms with E-state index in [1.807, 2.05) is 24.3 Å². The number of halogens is 3. The van der Waals surface area contributed by atoms with Crippen LogP contribution < -0.4 is 5.32 Å². The summed E-state index contributed by atoms with van der Waals surface area (Å²) >= 11 is 0. The van der Waals surface area contributed by atoms with Gasteiger partial charge in [-0.1, -0.05) is 12.1 Å². The van der Waals surface area contributed by atoms with Crippen molar-refractivity contribution >= 4 is 16.6 Å². The molecule has 4 rings (SSSR count). The lowest BCUT2D eigenvalue weighted by molar-refractivity contribution is 0.0615. The fourth-order valence-corrected chi connectivity index (χ4v) is 3.77. The van der Waals surface area contributed by atoms with E-state index >= 15 is 0 Å². The summed E-state index contributed by atoms with van der Waals surface area (Å²) in [7, 11) is 0. The number of fused-ring (bicyclic) bond motifs is 1. The van der Waals surface area contributed by atoms with Gasteiger partial charge in [0.1, 0.15) is 5.82 Å². The monoisotopic (exact) mass is 388 g/mol. The lowest BCUT2D eigenvalue weighted by atomic mass is 10.0. The molecule has 0 bridgehead atoms. The lowest BCUT2D eigenvalue weighted by Gasteiger charge is -2.33. The molecule has 2 heterocycles. The Morgan fingerprint density at radius 2 is 1.82 bits per heavy atom. The molecule has 0 radical (unpaired) electrons. The quantitative estimate of drug-likeness (QED) is 0.665. The van der Waals surface area contributed by atoms with Crippen molar-refractivity contribution in [1.29, 1.82) is 0 Å². The molecule has 0 atom stereocenters. The summed E-state index contributed by atoms with van der Waals surface area (Å²) in [5.74, 6) is -0.199. The van der Waals surface area contributed by atoms with Crippen molar-refractivity contribution in [1.82, 2.24) is 14.7 Å². The van der Waals surface area contributed by atoms with Crippen LogP contribution in [-0.4, -0.2) is 40.4 Å². The van der Waals surface area contributed by atoms with Gasteiger partial charge in [0, 0.05) is 36.7 Å². The Morgan fingerprint density at radius 1 is 1.07 bits per heavy atom. The summed E-state index contributed by atoms with van der Waals surface area (Å²) in [5.41, 5.74) is 2.53. The standard InChI is InChI=1S/C21H23F3N4/c22-17-3-1-15(2-4-17)7-10-27-11-8-18(9-12-27)26-19-5-6-20-16(13-19)14-25-28(20)21(23)24/h1-6,13-14,18,21,26H,7-12H2. The van der Waals surface area contributed by atoms with E-state index in [4.69, 9.17) is 0 Å². The number of aromatic nitrogens is 2. The molecule has 0 saturated carbocycles. The normalized spacial score (nSPS) is 16.1. The van der Waals surface area contributed by atoms with Crippen LogP contribution in [0.5, 0.6) is 0 Å². The molecular weight excluding hydrogens is 365 g/mol. The van der Waals surface area contributed by atoms with Crippen molar-refractivity contribution in [2.24, 2.45) is 0 Å². The number of rotatable bonds is 6. The van der Waals surface area contributed by atoms with E-state index in [2.05, 4.69) is 15.3 Å². The van der Waals surface area contributed by atoms with Crippen LogP contribution in [0, 0.1) is 5.82 Å². The molecule has 1 aliphatic heterocycles. The Labute approximate surface area is 161 Å². The maximum Gasteiger partial charge on any atom is 0.333 e. The molecule has 1 aliphatic rings. The van der Waals surface area contributed by atoms with Gasteiger partial charge in [0.25, 0.3) is 0 Å². The van der Waals surface area contributed by atoms with Crippen LogP contribution in [0.1, 0.15) is 25.0 Å². The highest BCUT2D eigenvalue weighted by molar-refractivity contribution is 5.82. The first-order valence-electron chi connectivity index (χ1n) is 9.57. The summed E-state index contributed by atoms with van der Waals surface area (Å²) in [6.07, 6.45) is 4.45. The first-order chi connectivity index (χ1) is 13.6. The van der Waals surface area contributed by atoms with E-state index in [0.29, 0.717) is 16.9 Å². The number of hydrogen-bond acceptors (Lipinski definition) is 3. The van der Waals surface area contributed by atoms with Crippen LogP contribution in [0.15, 0.2) is 48.7 Å². The molecule has 0 unspecified atom stereocenters. The fourth-order valence-electron chi connectivity index (χ4n) is 3.77. The first-order valence-corrected chi connectivity index (χ1v) is 9.57. The van der Waals surface area contributed by atoms with E-state index in [0.717, 1.165) is 54.8 Å². The molecule has 0 amide bonds. The van der Waals surface area contributed by atoms with Crippen LogP contribution >= 0.6 is 0 Å². The molecule has 7 heteroatoms. The summed E-state index contributed by atoms with van der Waals surface area (Å²) < 4.78 is 39.5. The van der Waals surface area contributed by atoms with Crippen molar-refractivity contribution < 1.29 is 13.2 Å². The zero-order valence-electron chi connectivity index (χ0n) is 15.5. The molecular formula is C21H23F3N4.